The predicted octanol–water partition coefficient (Wildman–Crippen LogP) is 0.517. The molecule has 0 radical (unpaired) electrons. The van der Waals surface area contributed by atoms with Gasteiger partial charge in [0.05, 0.1) is 5.92 Å². The van der Waals surface area contributed by atoms with E-state index in [1.807, 2.05) is 0 Å². The van der Waals surface area contributed by atoms with Crippen molar-refractivity contribution in [1.29, 1.82) is 0 Å². The first-order valence-electron chi connectivity index (χ1n) is 5.76. The maximum Gasteiger partial charge on any atom is 0.268 e. The van der Waals surface area contributed by atoms with Crippen molar-refractivity contribution in [1.82, 2.24) is 0 Å². The van der Waals surface area contributed by atoms with Crippen molar-refractivity contribution in [2.75, 3.05) is 0 Å². The zero-order chi connectivity index (χ0) is 13.6. The number of nitrogens with zero attached hydrogens (tertiary/aromatic N) is 2. The second kappa shape index (κ2) is 3.81. The minimum atomic E-state index is -1.58. The average molecular weight is 259 g/mol. The molecule has 3 rings (SSSR count). The fourth-order valence-electron chi connectivity index (χ4n) is 2.60. The number of primary amides is 1. The smallest absolute Gasteiger partial charge is 0.268 e. The third kappa shape index (κ3) is 1.53. The van der Waals surface area contributed by atoms with Crippen molar-refractivity contribution < 1.29 is 14.0 Å². The first-order chi connectivity index (χ1) is 9.04. The van der Waals surface area contributed by atoms with Crippen LogP contribution in [0.5, 0.6) is 0 Å². The molecule has 0 saturated heterocycles. The highest BCUT2D eigenvalue weighted by Gasteiger charge is 2.51. The second-order valence-corrected chi connectivity index (χ2v) is 4.57. The molecule has 1 atom stereocenters. The van der Waals surface area contributed by atoms with Gasteiger partial charge in [0.1, 0.15) is 5.82 Å². The van der Waals surface area contributed by atoms with Crippen LogP contribution in [-0.4, -0.2) is 29.8 Å². The highest BCUT2D eigenvalue weighted by atomic mass is 19.1. The van der Waals surface area contributed by atoms with Gasteiger partial charge in [-0.1, -0.05) is 0 Å². The van der Waals surface area contributed by atoms with Crippen molar-refractivity contribution in [3.63, 3.8) is 0 Å². The lowest BCUT2D eigenvalue weighted by Crippen LogP contribution is -2.48. The molecule has 0 fully saturated rings. The topological polar surface area (TPSA) is 84.9 Å². The number of rotatable bonds is 2. The minimum absolute atomic E-state index is 0.212. The lowest BCUT2D eigenvalue weighted by atomic mass is 9.89. The number of nitrogens with two attached hydrogens (primary N) is 1. The molecule has 1 aromatic rings. The van der Waals surface area contributed by atoms with Gasteiger partial charge in [-0.3, -0.25) is 19.6 Å². The molecule has 2 aliphatic rings. The lowest BCUT2D eigenvalue weighted by Gasteiger charge is -2.24. The largest absolute Gasteiger partial charge is 0.366 e. The van der Waals surface area contributed by atoms with Gasteiger partial charge in [0.2, 0.25) is 5.66 Å². The van der Waals surface area contributed by atoms with Crippen LogP contribution in [0, 0.1) is 11.7 Å². The lowest BCUT2D eigenvalue weighted by molar-refractivity contribution is -0.123. The van der Waals surface area contributed by atoms with Gasteiger partial charge in [-0.05, 0) is 30.2 Å². The van der Waals surface area contributed by atoms with Crippen LogP contribution in [0.4, 0.5) is 4.39 Å². The quantitative estimate of drug-likeness (QED) is 0.839. The first-order valence-corrected chi connectivity index (χ1v) is 5.76. The van der Waals surface area contributed by atoms with Gasteiger partial charge in [0.15, 0.2) is 5.78 Å². The summed E-state index contributed by atoms with van der Waals surface area (Å²) in [6.07, 6.45) is 2.91. The number of fused-ring (bicyclic) bond motifs is 1. The number of ketones is 1. The van der Waals surface area contributed by atoms with Crippen LogP contribution in [0.25, 0.3) is 0 Å². The molecule has 5 nitrogen and oxygen atoms in total. The Hall–Kier alpha value is -2.37. The Morgan fingerprint density at radius 3 is 2.68 bits per heavy atom. The van der Waals surface area contributed by atoms with E-state index in [2.05, 4.69) is 9.98 Å². The summed E-state index contributed by atoms with van der Waals surface area (Å²) in [6.45, 7) is 0. The number of carbonyl (C=O) groups excluding carboxylic acids is 2. The molecule has 19 heavy (non-hydrogen) atoms. The number of halogens is 1. The number of aliphatic imine (C=N–C) groups is 2. The van der Waals surface area contributed by atoms with Gasteiger partial charge < -0.3 is 5.73 Å². The van der Waals surface area contributed by atoms with Gasteiger partial charge >= 0.3 is 0 Å². The van der Waals surface area contributed by atoms with Crippen molar-refractivity contribution in [3.8, 4) is 0 Å². The number of hydrogen-bond acceptors (Lipinski definition) is 4. The van der Waals surface area contributed by atoms with Crippen LogP contribution < -0.4 is 5.73 Å². The molecule has 1 aromatic carbocycles. The fourth-order valence-corrected chi connectivity index (χ4v) is 2.60. The molecular formula is C13H10FN3O2. The maximum absolute atomic E-state index is 13.2. The second-order valence-electron chi connectivity index (χ2n) is 4.57. The van der Waals surface area contributed by atoms with Gasteiger partial charge in [-0.15, -0.1) is 0 Å². The summed E-state index contributed by atoms with van der Waals surface area (Å²) in [5.74, 6) is -2.26. The Labute approximate surface area is 108 Å². The Kier molecular flexibility index (Phi) is 2.35. The van der Waals surface area contributed by atoms with Gasteiger partial charge in [-0.2, -0.15) is 0 Å². The third-order valence-corrected chi connectivity index (χ3v) is 3.53. The SMILES string of the molecule is NC(=O)C1(C2Cc3cc(F)ccc3C2=O)N=CC=N1. The van der Waals surface area contributed by atoms with E-state index in [-0.39, 0.29) is 12.2 Å². The monoisotopic (exact) mass is 259 g/mol. The minimum Gasteiger partial charge on any atom is -0.366 e. The van der Waals surface area contributed by atoms with E-state index < -0.39 is 23.3 Å². The molecule has 1 aliphatic heterocycles. The number of amides is 1. The summed E-state index contributed by atoms with van der Waals surface area (Å²) < 4.78 is 13.2. The zero-order valence-corrected chi connectivity index (χ0v) is 9.84. The molecule has 0 bridgehead atoms. The molecule has 6 heteroatoms. The molecule has 1 amide bonds. The van der Waals surface area contributed by atoms with Crippen LogP contribution in [-0.2, 0) is 11.2 Å². The summed E-state index contributed by atoms with van der Waals surface area (Å²) in [5, 5.41) is 0. The van der Waals surface area contributed by atoms with Crippen LogP contribution in [0.2, 0.25) is 0 Å². The van der Waals surface area contributed by atoms with Crippen LogP contribution >= 0.6 is 0 Å². The highest BCUT2D eigenvalue weighted by molar-refractivity contribution is 6.20. The number of benzene rings is 1. The molecule has 0 saturated carbocycles. The first kappa shape index (κ1) is 11.7. The molecule has 1 aliphatic carbocycles. The van der Waals surface area contributed by atoms with E-state index >= 15 is 0 Å². The van der Waals surface area contributed by atoms with Crippen molar-refractivity contribution >= 4 is 24.1 Å². The summed E-state index contributed by atoms with van der Waals surface area (Å²) in [5.41, 5.74) is 4.74. The average Bonchev–Trinajstić information content (AvgIpc) is 2.95. The molecule has 0 aromatic heterocycles. The number of Topliss-reactive ketones (excluding diaryl/α,β-unsaturated/α-hetero) is 1. The van der Waals surface area contributed by atoms with Crippen LogP contribution in [0.3, 0.4) is 0 Å². The summed E-state index contributed by atoms with van der Waals surface area (Å²) >= 11 is 0. The van der Waals surface area contributed by atoms with Crippen molar-refractivity contribution in [2.24, 2.45) is 21.6 Å². The van der Waals surface area contributed by atoms with Crippen molar-refractivity contribution in [2.45, 2.75) is 12.1 Å². The van der Waals surface area contributed by atoms with Crippen LogP contribution in [0.15, 0.2) is 28.2 Å². The van der Waals surface area contributed by atoms with E-state index in [1.165, 1.54) is 30.6 Å². The molecular weight excluding hydrogens is 249 g/mol. The summed E-state index contributed by atoms with van der Waals surface area (Å²) in [6, 6.07) is 3.94. The maximum atomic E-state index is 13.2. The standard InChI is InChI=1S/C13H10FN3O2/c14-8-1-2-9-7(5-8)6-10(11(9)18)13(12(15)19)16-3-4-17-13/h1-5,10H,6H2,(H2,15,19). The van der Waals surface area contributed by atoms with Crippen LogP contribution in [0.1, 0.15) is 15.9 Å². The van der Waals surface area contributed by atoms with E-state index in [0.29, 0.717) is 11.1 Å². The fraction of sp³-hybridized carbons (Fsp3) is 0.231. The Balaban J connectivity index is 2.06. The summed E-state index contributed by atoms with van der Waals surface area (Å²) in [4.78, 5) is 31.9. The predicted molar refractivity (Wildman–Crippen MR) is 66.8 cm³/mol. The normalized spacial score (nSPS) is 22.8. The van der Waals surface area contributed by atoms with E-state index in [9.17, 15) is 14.0 Å². The van der Waals surface area contributed by atoms with Gasteiger partial charge in [-0.25, -0.2) is 4.39 Å². The molecule has 1 unspecified atom stereocenters. The molecule has 2 N–H and O–H groups in total. The summed E-state index contributed by atoms with van der Waals surface area (Å²) in [7, 11) is 0. The number of carbonyl (C=O) groups is 2. The van der Waals surface area contributed by atoms with E-state index in [1.54, 1.807) is 0 Å². The van der Waals surface area contributed by atoms with Gasteiger partial charge in [0, 0.05) is 18.0 Å². The Morgan fingerprint density at radius 2 is 2.05 bits per heavy atom. The highest BCUT2D eigenvalue weighted by Crippen LogP contribution is 2.37. The number of hydrogen-bond donors (Lipinski definition) is 1. The molecule has 0 spiro atoms. The molecule has 1 heterocycles. The third-order valence-electron chi connectivity index (χ3n) is 3.53. The molecule has 96 valence electrons. The zero-order valence-electron chi connectivity index (χ0n) is 9.84. The Bertz CT molecular complexity index is 639. The van der Waals surface area contributed by atoms with Gasteiger partial charge in [0.25, 0.3) is 5.91 Å². The van der Waals surface area contributed by atoms with Crippen molar-refractivity contribution in [3.05, 3.63) is 35.1 Å². The van der Waals surface area contributed by atoms with E-state index in [0.717, 1.165) is 0 Å². The van der Waals surface area contributed by atoms with E-state index in [4.69, 9.17) is 5.73 Å². The Morgan fingerprint density at radius 1 is 1.37 bits per heavy atom.